The molecule has 0 heterocycles. The van der Waals surface area contributed by atoms with Gasteiger partial charge in [-0.15, -0.1) is 0 Å². The van der Waals surface area contributed by atoms with E-state index >= 15 is 0 Å². The second-order valence-electron chi connectivity index (χ2n) is 11.1. The van der Waals surface area contributed by atoms with E-state index in [1.54, 1.807) is 19.0 Å². The maximum absolute atomic E-state index is 14.0. The number of benzene rings is 1. The van der Waals surface area contributed by atoms with Gasteiger partial charge in [0.1, 0.15) is 22.8 Å². The van der Waals surface area contributed by atoms with Crippen LogP contribution in [0.25, 0.3) is 5.76 Å². The SMILES string of the molecule is CN(C)Cc1cc(N(C)C)c2c(c1O)C(O)=C1C(=O)C3C(=O)C(C(N)=O)=C(O)C(N(C)C)[C@@H]3C[C@]1(N)C2. The van der Waals surface area contributed by atoms with Gasteiger partial charge >= 0.3 is 0 Å². The minimum Gasteiger partial charge on any atom is -0.510 e. The number of phenolic OH excluding ortho intramolecular Hbond substituents is 1. The summed E-state index contributed by atoms with van der Waals surface area (Å²) in [4.78, 5) is 44.7. The molecule has 11 nitrogen and oxygen atoms in total. The number of primary amides is 1. The zero-order valence-corrected chi connectivity index (χ0v) is 22.0. The topological polar surface area (TPSA) is 174 Å². The molecule has 0 radical (unpaired) electrons. The van der Waals surface area contributed by atoms with E-state index in [4.69, 9.17) is 11.5 Å². The molecule has 1 saturated carbocycles. The van der Waals surface area contributed by atoms with Gasteiger partial charge < -0.3 is 36.6 Å². The monoisotopic (exact) mass is 513 g/mol. The van der Waals surface area contributed by atoms with E-state index in [-0.39, 0.29) is 29.7 Å². The number of rotatable bonds is 5. The standard InChI is InChI=1S/C26H35N5O6/c1-29(2)10-11-7-14(30(3)4)12-8-26(28)9-13-16(23(35)18(26)22(34)15(12)20(11)32)21(33)17(25(27)37)24(36)19(13)31(5)6/h7,13,16,19,32,34,36H,8-10,28H2,1-6H3,(H2,27,37)/t13-,16?,19?,26-/m1/s1. The molecule has 0 aliphatic heterocycles. The van der Waals surface area contributed by atoms with Crippen molar-refractivity contribution < 1.29 is 29.7 Å². The molecule has 200 valence electrons. The Kier molecular flexibility index (Phi) is 6.38. The van der Waals surface area contributed by atoms with Crippen molar-refractivity contribution in [3.05, 3.63) is 39.7 Å². The van der Waals surface area contributed by atoms with Crippen LogP contribution in [0.3, 0.4) is 0 Å². The lowest BCUT2D eigenvalue weighted by Crippen LogP contribution is -2.63. The summed E-state index contributed by atoms with van der Waals surface area (Å²) in [5, 5.41) is 33.6. The van der Waals surface area contributed by atoms with Crippen LogP contribution in [0, 0.1) is 11.8 Å². The Labute approximate surface area is 215 Å². The Morgan fingerprint density at radius 2 is 1.70 bits per heavy atom. The van der Waals surface area contributed by atoms with Crippen LogP contribution in [-0.2, 0) is 27.3 Å². The number of aliphatic hydroxyl groups is 2. The smallest absolute Gasteiger partial charge is 0.255 e. The van der Waals surface area contributed by atoms with Crippen molar-refractivity contribution in [2.75, 3.05) is 47.2 Å². The highest BCUT2D eigenvalue weighted by molar-refractivity contribution is 6.29. The first-order valence-corrected chi connectivity index (χ1v) is 12.0. The summed E-state index contributed by atoms with van der Waals surface area (Å²) in [5.74, 6) is -5.96. The Morgan fingerprint density at radius 3 is 2.22 bits per heavy atom. The maximum atomic E-state index is 14.0. The van der Waals surface area contributed by atoms with E-state index in [1.807, 2.05) is 44.1 Å². The van der Waals surface area contributed by atoms with Crippen LogP contribution in [0.1, 0.15) is 23.1 Å². The highest BCUT2D eigenvalue weighted by Gasteiger charge is 2.59. The third kappa shape index (κ3) is 3.89. The number of likely N-dealkylation sites (N-methyl/N-ethyl adjacent to an activating group) is 1. The minimum absolute atomic E-state index is 0.0695. The number of anilines is 1. The summed E-state index contributed by atoms with van der Waals surface area (Å²) in [5.41, 5.74) is 12.1. The van der Waals surface area contributed by atoms with Gasteiger partial charge in [0.05, 0.1) is 28.6 Å². The molecule has 1 amide bonds. The summed E-state index contributed by atoms with van der Waals surface area (Å²) in [7, 11) is 10.7. The number of aliphatic hydroxyl groups excluding tert-OH is 2. The lowest BCUT2D eigenvalue weighted by molar-refractivity contribution is -0.137. The predicted molar refractivity (Wildman–Crippen MR) is 138 cm³/mol. The number of Topliss-reactive ketones (excluding diaryl/α,β-unsaturated/α-hetero) is 2. The van der Waals surface area contributed by atoms with E-state index in [0.29, 0.717) is 17.7 Å². The quantitative estimate of drug-likeness (QED) is 0.267. The number of ketones is 2. The number of fused-ring (bicyclic) bond motifs is 3. The van der Waals surface area contributed by atoms with Gasteiger partial charge in [0.2, 0.25) is 0 Å². The van der Waals surface area contributed by atoms with Crippen molar-refractivity contribution in [3.63, 3.8) is 0 Å². The Bertz CT molecular complexity index is 1280. The van der Waals surface area contributed by atoms with Gasteiger partial charge in [0.15, 0.2) is 11.6 Å². The molecular formula is C26H35N5O6. The van der Waals surface area contributed by atoms with E-state index in [9.17, 15) is 29.7 Å². The fourth-order valence-electron chi connectivity index (χ4n) is 6.35. The third-order valence-electron chi connectivity index (χ3n) is 7.73. The van der Waals surface area contributed by atoms with Crippen molar-refractivity contribution in [2.45, 2.75) is 31.0 Å². The highest BCUT2D eigenvalue weighted by Crippen LogP contribution is 2.53. The first kappa shape index (κ1) is 26.6. The molecule has 4 rings (SSSR count). The van der Waals surface area contributed by atoms with Gasteiger partial charge in [-0.05, 0) is 52.7 Å². The number of nitrogens with zero attached hydrogens (tertiary/aromatic N) is 3. The van der Waals surface area contributed by atoms with Crippen molar-refractivity contribution >= 4 is 28.9 Å². The first-order chi connectivity index (χ1) is 17.1. The van der Waals surface area contributed by atoms with Crippen LogP contribution in [0.4, 0.5) is 5.69 Å². The largest absolute Gasteiger partial charge is 0.510 e. The lowest BCUT2D eigenvalue weighted by Gasteiger charge is -2.50. The number of aromatic hydroxyl groups is 1. The molecule has 0 aromatic heterocycles. The number of phenols is 1. The van der Waals surface area contributed by atoms with Crippen LogP contribution in [0.5, 0.6) is 5.75 Å². The molecule has 2 unspecified atom stereocenters. The van der Waals surface area contributed by atoms with Crippen LogP contribution in [0.15, 0.2) is 23.0 Å². The Morgan fingerprint density at radius 1 is 1.08 bits per heavy atom. The summed E-state index contributed by atoms with van der Waals surface area (Å²) in [6.45, 7) is 0.379. The van der Waals surface area contributed by atoms with Crippen LogP contribution >= 0.6 is 0 Å². The summed E-state index contributed by atoms with van der Waals surface area (Å²) in [6, 6.07) is 0.979. The van der Waals surface area contributed by atoms with Crippen molar-refractivity contribution in [1.82, 2.24) is 9.80 Å². The van der Waals surface area contributed by atoms with Gasteiger partial charge in [-0.3, -0.25) is 19.3 Å². The molecule has 1 fully saturated rings. The minimum atomic E-state index is -1.38. The van der Waals surface area contributed by atoms with Crippen LogP contribution in [0.2, 0.25) is 0 Å². The van der Waals surface area contributed by atoms with Crippen molar-refractivity contribution in [2.24, 2.45) is 23.3 Å². The van der Waals surface area contributed by atoms with Crippen LogP contribution < -0.4 is 16.4 Å². The lowest BCUT2D eigenvalue weighted by atomic mass is 9.56. The van der Waals surface area contributed by atoms with Crippen molar-refractivity contribution in [3.8, 4) is 5.75 Å². The predicted octanol–water partition coefficient (Wildman–Crippen LogP) is 0.0580. The number of nitrogens with two attached hydrogens (primary N) is 2. The van der Waals surface area contributed by atoms with Gasteiger partial charge in [0, 0.05) is 37.8 Å². The van der Waals surface area contributed by atoms with Gasteiger partial charge in [-0.1, -0.05) is 0 Å². The number of amides is 1. The Balaban J connectivity index is 1.98. The first-order valence-electron chi connectivity index (χ1n) is 12.0. The average Bonchev–Trinajstić information content (AvgIpc) is 2.73. The van der Waals surface area contributed by atoms with E-state index < -0.39 is 58.0 Å². The third-order valence-corrected chi connectivity index (χ3v) is 7.73. The van der Waals surface area contributed by atoms with E-state index in [2.05, 4.69) is 0 Å². The second kappa shape index (κ2) is 8.86. The number of hydrogen-bond donors (Lipinski definition) is 5. The maximum Gasteiger partial charge on any atom is 0.255 e. The summed E-state index contributed by atoms with van der Waals surface area (Å²) < 4.78 is 0. The average molecular weight is 514 g/mol. The fraction of sp³-hybridized carbons (Fsp3) is 0.500. The number of carbonyl (C=O) groups excluding carboxylic acids is 3. The molecule has 1 aromatic rings. The molecule has 11 heteroatoms. The molecule has 0 spiro atoms. The summed E-state index contributed by atoms with van der Waals surface area (Å²) in [6.07, 6.45) is 0.182. The van der Waals surface area contributed by atoms with Gasteiger partial charge in [-0.2, -0.15) is 0 Å². The normalized spacial score (nSPS) is 27.4. The fourth-order valence-corrected chi connectivity index (χ4v) is 6.35. The van der Waals surface area contributed by atoms with Gasteiger partial charge in [-0.25, -0.2) is 0 Å². The summed E-state index contributed by atoms with van der Waals surface area (Å²) >= 11 is 0. The van der Waals surface area contributed by atoms with Crippen LogP contribution in [-0.4, -0.2) is 96.5 Å². The molecule has 37 heavy (non-hydrogen) atoms. The van der Waals surface area contributed by atoms with E-state index in [0.717, 1.165) is 5.69 Å². The molecule has 3 aliphatic carbocycles. The molecular weight excluding hydrogens is 478 g/mol. The molecule has 0 bridgehead atoms. The van der Waals surface area contributed by atoms with Crippen molar-refractivity contribution in [1.29, 1.82) is 0 Å². The number of hydrogen-bond acceptors (Lipinski definition) is 10. The highest BCUT2D eigenvalue weighted by atomic mass is 16.3. The zero-order chi connectivity index (χ0) is 27.7. The Hall–Kier alpha value is -3.41. The molecule has 0 saturated heterocycles. The molecule has 7 N–H and O–H groups in total. The second-order valence-corrected chi connectivity index (χ2v) is 11.1. The molecule has 1 aromatic carbocycles. The molecule has 3 aliphatic rings. The van der Waals surface area contributed by atoms with E-state index in [1.165, 1.54) is 0 Å². The molecule has 4 atom stereocenters. The zero-order valence-electron chi connectivity index (χ0n) is 22.0. The number of carbonyl (C=O) groups is 3. The van der Waals surface area contributed by atoms with Gasteiger partial charge in [0.25, 0.3) is 5.91 Å².